The van der Waals surface area contributed by atoms with Crippen LogP contribution in [0.3, 0.4) is 0 Å². The van der Waals surface area contributed by atoms with Crippen molar-refractivity contribution in [2.45, 2.75) is 58.2 Å². The Balaban J connectivity index is 1.47. The largest absolute Gasteiger partial charge is 0.461 e. The normalized spacial score (nSPS) is 20.0. The SMILES string of the molecule is CC(C)(C)OC(=O)N1CCCC1CN1CCc2c(nc(-c3ccco3)[nH]c2=O)C1. The van der Waals surface area contributed by atoms with E-state index in [0.717, 1.165) is 43.7 Å². The van der Waals surface area contributed by atoms with Crippen LogP contribution in [0.25, 0.3) is 11.6 Å². The van der Waals surface area contributed by atoms with Crippen LogP contribution in [0, 0.1) is 0 Å². The molecule has 0 aliphatic carbocycles. The first kappa shape index (κ1) is 19.7. The second-order valence-electron chi connectivity index (χ2n) is 8.77. The van der Waals surface area contributed by atoms with Crippen LogP contribution < -0.4 is 5.56 Å². The maximum absolute atomic E-state index is 12.5. The van der Waals surface area contributed by atoms with Gasteiger partial charge in [-0.1, -0.05) is 0 Å². The highest BCUT2D eigenvalue weighted by molar-refractivity contribution is 5.69. The molecule has 8 nitrogen and oxygen atoms in total. The van der Waals surface area contributed by atoms with Gasteiger partial charge in [-0.05, 0) is 52.2 Å². The van der Waals surface area contributed by atoms with E-state index in [2.05, 4.69) is 14.9 Å². The van der Waals surface area contributed by atoms with E-state index < -0.39 is 5.60 Å². The third-order valence-electron chi connectivity index (χ3n) is 5.38. The predicted octanol–water partition coefficient (Wildman–Crippen LogP) is 2.79. The van der Waals surface area contributed by atoms with Gasteiger partial charge in [0.25, 0.3) is 5.56 Å². The molecule has 1 saturated heterocycles. The van der Waals surface area contributed by atoms with Gasteiger partial charge in [0.15, 0.2) is 11.6 Å². The zero-order chi connectivity index (χ0) is 20.6. The minimum absolute atomic E-state index is 0.0997. The van der Waals surface area contributed by atoms with Crippen molar-refractivity contribution in [1.82, 2.24) is 19.8 Å². The van der Waals surface area contributed by atoms with Gasteiger partial charge in [-0.15, -0.1) is 0 Å². The lowest BCUT2D eigenvalue weighted by Gasteiger charge is -2.34. The molecule has 0 saturated carbocycles. The van der Waals surface area contributed by atoms with Gasteiger partial charge in [-0.2, -0.15) is 0 Å². The van der Waals surface area contributed by atoms with Gasteiger partial charge >= 0.3 is 6.09 Å². The summed E-state index contributed by atoms with van der Waals surface area (Å²) >= 11 is 0. The average molecular weight is 400 g/mol. The molecule has 1 fully saturated rings. The summed E-state index contributed by atoms with van der Waals surface area (Å²) in [7, 11) is 0. The standard InChI is InChI=1S/C21H28N4O4/c1-21(2,3)29-20(27)25-9-4-6-14(25)12-24-10-8-15-16(13-24)22-18(23-19(15)26)17-7-5-11-28-17/h5,7,11,14H,4,6,8-10,12-13H2,1-3H3,(H,22,23,26). The third kappa shape index (κ3) is 4.37. The Kier molecular flexibility index (Phi) is 5.21. The van der Waals surface area contributed by atoms with E-state index in [-0.39, 0.29) is 17.7 Å². The van der Waals surface area contributed by atoms with E-state index in [9.17, 15) is 9.59 Å². The van der Waals surface area contributed by atoms with Gasteiger partial charge in [-0.3, -0.25) is 9.69 Å². The lowest BCUT2D eigenvalue weighted by Crippen LogP contribution is -2.46. The van der Waals surface area contributed by atoms with Gasteiger partial charge in [-0.25, -0.2) is 9.78 Å². The number of hydrogen-bond acceptors (Lipinski definition) is 6. The van der Waals surface area contributed by atoms with Crippen LogP contribution in [0.4, 0.5) is 4.79 Å². The number of carbonyl (C=O) groups excluding carboxylic acids is 1. The van der Waals surface area contributed by atoms with Crippen molar-refractivity contribution in [3.05, 3.63) is 40.0 Å². The summed E-state index contributed by atoms with van der Waals surface area (Å²) in [6, 6.07) is 3.67. The van der Waals surface area contributed by atoms with Gasteiger partial charge in [0, 0.05) is 37.8 Å². The first-order valence-electron chi connectivity index (χ1n) is 10.2. The second kappa shape index (κ2) is 7.67. The third-order valence-corrected chi connectivity index (χ3v) is 5.38. The van der Waals surface area contributed by atoms with Crippen molar-refractivity contribution in [2.75, 3.05) is 19.6 Å². The molecule has 4 heterocycles. The van der Waals surface area contributed by atoms with Crippen molar-refractivity contribution in [2.24, 2.45) is 0 Å². The topological polar surface area (TPSA) is 91.7 Å². The minimum Gasteiger partial charge on any atom is -0.461 e. The Labute approximate surface area is 169 Å². The van der Waals surface area contributed by atoms with Gasteiger partial charge in [0.1, 0.15) is 5.60 Å². The highest BCUT2D eigenvalue weighted by Gasteiger charge is 2.34. The summed E-state index contributed by atoms with van der Waals surface area (Å²) in [5.41, 5.74) is 0.930. The first-order valence-corrected chi connectivity index (χ1v) is 10.2. The zero-order valence-corrected chi connectivity index (χ0v) is 17.2. The highest BCUT2D eigenvalue weighted by atomic mass is 16.6. The van der Waals surface area contributed by atoms with E-state index in [1.54, 1.807) is 18.4 Å². The number of fused-ring (bicyclic) bond motifs is 1. The van der Waals surface area contributed by atoms with Crippen LogP contribution in [-0.2, 0) is 17.7 Å². The van der Waals surface area contributed by atoms with Crippen LogP contribution in [0.15, 0.2) is 27.6 Å². The number of carbonyl (C=O) groups is 1. The number of aromatic nitrogens is 2. The van der Waals surface area contributed by atoms with Gasteiger partial charge in [0.05, 0.1) is 12.0 Å². The quantitative estimate of drug-likeness (QED) is 0.852. The molecular formula is C21H28N4O4. The van der Waals surface area contributed by atoms with E-state index >= 15 is 0 Å². The van der Waals surface area contributed by atoms with Crippen LogP contribution in [-0.4, -0.2) is 57.1 Å². The number of H-pyrrole nitrogens is 1. The van der Waals surface area contributed by atoms with Crippen molar-refractivity contribution in [3.63, 3.8) is 0 Å². The molecule has 0 radical (unpaired) electrons. The molecule has 29 heavy (non-hydrogen) atoms. The highest BCUT2D eigenvalue weighted by Crippen LogP contribution is 2.24. The molecule has 2 aromatic heterocycles. The Morgan fingerprint density at radius 2 is 2.21 bits per heavy atom. The molecule has 0 bridgehead atoms. The molecule has 1 unspecified atom stereocenters. The van der Waals surface area contributed by atoms with Crippen molar-refractivity contribution < 1.29 is 13.9 Å². The fraction of sp³-hybridized carbons (Fsp3) is 0.571. The molecule has 2 aliphatic rings. The number of furan rings is 1. The van der Waals surface area contributed by atoms with E-state index in [4.69, 9.17) is 9.15 Å². The monoisotopic (exact) mass is 400 g/mol. The molecule has 1 amide bonds. The minimum atomic E-state index is -0.499. The zero-order valence-electron chi connectivity index (χ0n) is 17.2. The number of hydrogen-bond donors (Lipinski definition) is 1. The van der Waals surface area contributed by atoms with Gasteiger partial charge < -0.3 is 19.0 Å². The molecule has 156 valence electrons. The molecule has 1 atom stereocenters. The Bertz CT molecular complexity index is 929. The van der Waals surface area contributed by atoms with Crippen LogP contribution in [0.5, 0.6) is 0 Å². The number of nitrogens with zero attached hydrogens (tertiary/aromatic N) is 3. The Morgan fingerprint density at radius 1 is 1.38 bits per heavy atom. The smallest absolute Gasteiger partial charge is 0.410 e. The number of likely N-dealkylation sites (tertiary alicyclic amines) is 1. The average Bonchev–Trinajstić information content (AvgIpc) is 3.32. The molecule has 0 spiro atoms. The van der Waals surface area contributed by atoms with Crippen molar-refractivity contribution >= 4 is 6.09 Å². The van der Waals surface area contributed by atoms with E-state index in [0.29, 0.717) is 24.6 Å². The molecule has 1 N–H and O–H groups in total. The van der Waals surface area contributed by atoms with Crippen LogP contribution in [0.1, 0.15) is 44.9 Å². The summed E-state index contributed by atoms with van der Waals surface area (Å²) in [6.45, 7) is 8.50. The fourth-order valence-electron chi connectivity index (χ4n) is 4.06. The number of aromatic amines is 1. The second-order valence-corrected chi connectivity index (χ2v) is 8.77. The predicted molar refractivity (Wildman–Crippen MR) is 108 cm³/mol. The van der Waals surface area contributed by atoms with Gasteiger partial charge in [0.2, 0.25) is 0 Å². The lowest BCUT2D eigenvalue weighted by atomic mass is 10.1. The fourth-order valence-corrected chi connectivity index (χ4v) is 4.06. The van der Waals surface area contributed by atoms with E-state index in [1.807, 2.05) is 25.7 Å². The number of amides is 1. The summed E-state index contributed by atoms with van der Waals surface area (Å²) in [4.78, 5) is 36.6. The number of rotatable bonds is 3. The number of ether oxygens (including phenoxy) is 1. The Morgan fingerprint density at radius 3 is 2.93 bits per heavy atom. The molecule has 4 rings (SSSR count). The first-order chi connectivity index (χ1) is 13.8. The molecule has 0 aromatic carbocycles. The molecule has 2 aromatic rings. The maximum Gasteiger partial charge on any atom is 0.410 e. The lowest BCUT2D eigenvalue weighted by molar-refractivity contribution is 0.0191. The summed E-state index contributed by atoms with van der Waals surface area (Å²) in [5.74, 6) is 1.01. The summed E-state index contributed by atoms with van der Waals surface area (Å²) < 4.78 is 10.9. The number of nitrogens with one attached hydrogen (secondary N) is 1. The molecule has 2 aliphatic heterocycles. The van der Waals surface area contributed by atoms with E-state index in [1.165, 1.54) is 0 Å². The Hall–Kier alpha value is -2.61. The summed E-state index contributed by atoms with van der Waals surface area (Å²) in [5, 5.41) is 0. The molecular weight excluding hydrogens is 372 g/mol. The summed E-state index contributed by atoms with van der Waals surface area (Å²) in [6.07, 6.45) is 3.91. The van der Waals surface area contributed by atoms with Crippen molar-refractivity contribution in [1.29, 1.82) is 0 Å². The molecule has 8 heteroatoms. The van der Waals surface area contributed by atoms with Crippen LogP contribution >= 0.6 is 0 Å². The van der Waals surface area contributed by atoms with Crippen LogP contribution in [0.2, 0.25) is 0 Å². The van der Waals surface area contributed by atoms with Crippen molar-refractivity contribution in [3.8, 4) is 11.6 Å². The maximum atomic E-state index is 12.5.